The van der Waals surface area contributed by atoms with E-state index in [0.717, 1.165) is 12.8 Å². The zero-order valence-corrected chi connectivity index (χ0v) is 12.1. The van der Waals surface area contributed by atoms with E-state index >= 15 is 0 Å². The molecule has 114 valence electrons. The number of amides is 1. The van der Waals surface area contributed by atoms with E-state index in [1.807, 2.05) is 0 Å². The summed E-state index contributed by atoms with van der Waals surface area (Å²) in [6.07, 6.45) is 2.44. The standard InChI is InChI=1S/C16H20FNO3/c1-18(10-4-7-14(19)20)15(21)16(8-9-16)11-12-5-2-3-6-13(12)17/h2-3,5-6H,4,7-11H2,1H3,(H,19,20). The van der Waals surface area contributed by atoms with Crippen LogP contribution >= 0.6 is 0 Å². The number of hydrogen-bond donors (Lipinski definition) is 1. The van der Waals surface area contributed by atoms with E-state index in [-0.39, 0.29) is 18.1 Å². The molecule has 0 heterocycles. The Morgan fingerprint density at radius 1 is 1.33 bits per heavy atom. The third kappa shape index (κ3) is 3.80. The topological polar surface area (TPSA) is 57.6 Å². The first kappa shape index (κ1) is 15.5. The summed E-state index contributed by atoms with van der Waals surface area (Å²) < 4.78 is 13.7. The van der Waals surface area contributed by atoms with Crippen molar-refractivity contribution in [1.82, 2.24) is 4.90 Å². The summed E-state index contributed by atoms with van der Waals surface area (Å²) in [4.78, 5) is 24.5. The molecule has 0 atom stereocenters. The second-order valence-electron chi connectivity index (χ2n) is 5.77. The Morgan fingerprint density at radius 3 is 2.57 bits per heavy atom. The number of carbonyl (C=O) groups excluding carboxylic acids is 1. The van der Waals surface area contributed by atoms with E-state index in [0.29, 0.717) is 24.9 Å². The fourth-order valence-corrected chi connectivity index (χ4v) is 2.60. The van der Waals surface area contributed by atoms with Gasteiger partial charge >= 0.3 is 5.97 Å². The molecule has 1 aromatic carbocycles. The summed E-state index contributed by atoms with van der Waals surface area (Å²) in [6.45, 7) is 0.421. The van der Waals surface area contributed by atoms with Gasteiger partial charge in [-0.15, -0.1) is 0 Å². The highest BCUT2D eigenvalue weighted by Gasteiger charge is 2.51. The van der Waals surface area contributed by atoms with Crippen molar-refractivity contribution in [2.75, 3.05) is 13.6 Å². The molecule has 5 heteroatoms. The number of aliphatic carboxylic acids is 1. The van der Waals surface area contributed by atoms with E-state index in [2.05, 4.69) is 0 Å². The molecule has 0 aromatic heterocycles. The van der Waals surface area contributed by atoms with Crippen molar-refractivity contribution in [1.29, 1.82) is 0 Å². The minimum absolute atomic E-state index is 0.00357. The highest BCUT2D eigenvalue weighted by atomic mass is 19.1. The molecule has 2 rings (SSSR count). The van der Waals surface area contributed by atoms with E-state index < -0.39 is 11.4 Å². The Morgan fingerprint density at radius 2 is 2.00 bits per heavy atom. The predicted octanol–water partition coefficient (Wildman–Crippen LogP) is 2.47. The molecule has 1 N–H and O–H groups in total. The minimum Gasteiger partial charge on any atom is -0.481 e. The molecule has 0 saturated heterocycles. The summed E-state index contributed by atoms with van der Waals surface area (Å²) in [7, 11) is 1.69. The normalized spacial score (nSPS) is 15.5. The molecule has 21 heavy (non-hydrogen) atoms. The summed E-state index contributed by atoms with van der Waals surface area (Å²) in [5, 5.41) is 8.62. The van der Waals surface area contributed by atoms with Crippen LogP contribution < -0.4 is 0 Å². The monoisotopic (exact) mass is 293 g/mol. The third-order valence-electron chi connectivity index (χ3n) is 4.02. The van der Waals surface area contributed by atoms with Crippen LogP contribution in [-0.4, -0.2) is 35.5 Å². The first-order valence-corrected chi connectivity index (χ1v) is 7.15. The Bertz CT molecular complexity index is 540. The molecular weight excluding hydrogens is 273 g/mol. The summed E-state index contributed by atoms with van der Waals surface area (Å²) in [5.74, 6) is -1.13. The molecule has 0 aliphatic heterocycles. The lowest BCUT2D eigenvalue weighted by molar-refractivity contribution is -0.139. The first-order valence-electron chi connectivity index (χ1n) is 7.15. The quantitative estimate of drug-likeness (QED) is 0.840. The van der Waals surface area contributed by atoms with Crippen molar-refractivity contribution < 1.29 is 19.1 Å². The van der Waals surface area contributed by atoms with Crippen LogP contribution in [0, 0.1) is 11.2 Å². The number of rotatable bonds is 7. The molecule has 1 amide bonds. The molecule has 1 fully saturated rings. The average molecular weight is 293 g/mol. The molecule has 4 nitrogen and oxygen atoms in total. The number of carbonyl (C=O) groups is 2. The zero-order chi connectivity index (χ0) is 15.5. The Hall–Kier alpha value is -1.91. The number of carboxylic acids is 1. The van der Waals surface area contributed by atoms with Gasteiger partial charge in [0.25, 0.3) is 0 Å². The van der Waals surface area contributed by atoms with E-state index in [1.165, 1.54) is 6.07 Å². The molecule has 0 bridgehead atoms. The van der Waals surface area contributed by atoms with E-state index in [4.69, 9.17) is 5.11 Å². The van der Waals surface area contributed by atoms with E-state index in [1.54, 1.807) is 30.1 Å². The van der Waals surface area contributed by atoms with Gasteiger partial charge in [-0.05, 0) is 37.3 Å². The van der Waals surface area contributed by atoms with E-state index in [9.17, 15) is 14.0 Å². The smallest absolute Gasteiger partial charge is 0.303 e. The molecular formula is C16H20FNO3. The van der Waals surface area contributed by atoms with Crippen LogP contribution in [0.1, 0.15) is 31.2 Å². The predicted molar refractivity (Wildman–Crippen MR) is 76.3 cm³/mol. The maximum atomic E-state index is 13.7. The number of benzene rings is 1. The number of nitrogens with zero attached hydrogens (tertiary/aromatic N) is 1. The van der Waals surface area contributed by atoms with Crippen molar-refractivity contribution in [3.63, 3.8) is 0 Å². The van der Waals surface area contributed by atoms with Gasteiger partial charge in [0.2, 0.25) is 5.91 Å². The molecule has 0 radical (unpaired) electrons. The molecule has 1 aromatic rings. The average Bonchev–Trinajstić information content (AvgIpc) is 3.21. The highest BCUT2D eigenvalue weighted by molar-refractivity contribution is 5.85. The van der Waals surface area contributed by atoms with Crippen molar-refractivity contribution >= 4 is 11.9 Å². The summed E-state index contributed by atoms with van der Waals surface area (Å²) in [5.41, 5.74) is 0.0856. The van der Waals surface area contributed by atoms with Crippen LogP contribution in [0.5, 0.6) is 0 Å². The molecule has 1 aliphatic carbocycles. The van der Waals surface area contributed by atoms with Crippen LogP contribution in [0.4, 0.5) is 4.39 Å². The lowest BCUT2D eigenvalue weighted by atomic mass is 9.94. The van der Waals surface area contributed by atoms with Crippen LogP contribution in [0.15, 0.2) is 24.3 Å². The Kier molecular flexibility index (Phi) is 4.60. The molecule has 1 saturated carbocycles. The second kappa shape index (κ2) is 6.24. The summed E-state index contributed by atoms with van der Waals surface area (Å²) in [6, 6.07) is 6.54. The fraction of sp³-hybridized carbons (Fsp3) is 0.500. The van der Waals surface area contributed by atoms with Gasteiger partial charge in [0.15, 0.2) is 0 Å². The zero-order valence-electron chi connectivity index (χ0n) is 12.1. The maximum Gasteiger partial charge on any atom is 0.303 e. The second-order valence-corrected chi connectivity index (χ2v) is 5.77. The van der Waals surface area contributed by atoms with Crippen LogP contribution in [0.3, 0.4) is 0 Å². The SMILES string of the molecule is CN(CCCC(=O)O)C(=O)C1(Cc2ccccc2F)CC1. The molecule has 0 spiro atoms. The summed E-state index contributed by atoms with van der Waals surface area (Å²) >= 11 is 0. The molecule has 0 unspecified atom stereocenters. The van der Waals surface area contributed by atoms with Gasteiger partial charge < -0.3 is 10.0 Å². The van der Waals surface area contributed by atoms with Gasteiger partial charge in [0, 0.05) is 20.0 Å². The fourth-order valence-electron chi connectivity index (χ4n) is 2.60. The van der Waals surface area contributed by atoms with Gasteiger partial charge in [0.05, 0.1) is 5.41 Å². The van der Waals surface area contributed by atoms with Crippen LogP contribution in [0.2, 0.25) is 0 Å². The van der Waals surface area contributed by atoms with Gasteiger partial charge in [-0.2, -0.15) is 0 Å². The van der Waals surface area contributed by atoms with Gasteiger partial charge in [0.1, 0.15) is 5.82 Å². The number of halogens is 1. The van der Waals surface area contributed by atoms with Crippen molar-refractivity contribution in [3.8, 4) is 0 Å². The van der Waals surface area contributed by atoms with Crippen molar-refractivity contribution in [2.24, 2.45) is 5.41 Å². The van der Waals surface area contributed by atoms with Gasteiger partial charge in [-0.1, -0.05) is 18.2 Å². The number of hydrogen-bond acceptors (Lipinski definition) is 2. The third-order valence-corrected chi connectivity index (χ3v) is 4.02. The lowest BCUT2D eigenvalue weighted by Gasteiger charge is -2.23. The van der Waals surface area contributed by atoms with Gasteiger partial charge in [-0.25, -0.2) is 4.39 Å². The number of carboxylic acid groups (broad SMARTS) is 1. The van der Waals surface area contributed by atoms with Crippen LogP contribution in [-0.2, 0) is 16.0 Å². The minimum atomic E-state index is -0.858. The Labute approximate surface area is 123 Å². The van der Waals surface area contributed by atoms with Crippen molar-refractivity contribution in [3.05, 3.63) is 35.6 Å². The highest BCUT2D eigenvalue weighted by Crippen LogP contribution is 2.50. The van der Waals surface area contributed by atoms with Crippen LogP contribution in [0.25, 0.3) is 0 Å². The lowest BCUT2D eigenvalue weighted by Crippen LogP contribution is -2.36. The van der Waals surface area contributed by atoms with Crippen molar-refractivity contribution in [2.45, 2.75) is 32.1 Å². The largest absolute Gasteiger partial charge is 0.481 e. The first-order chi connectivity index (χ1) is 9.94. The Balaban J connectivity index is 1.95. The van der Waals surface area contributed by atoms with Gasteiger partial charge in [-0.3, -0.25) is 9.59 Å². The molecule has 1 aliphatic rings. The maximum absolute atomic E-state index is 13.7.